The van der Waals surface area contributed by atoms with Crippen molar-refractivity contribution in [1.29, 1.82) is 0 Å². The van der Waals surface area contributed by atoms with Crippen LogP contribution in [0, 0.1) is 0 Å². The van der Waals surface area contributed by atoms with Gasteiger partial charge in [0.2, 0.25) is 0 Å². The molecule has 0 unspecified atom stereocenters. The molecule has 2 aromatic carbocycles. The van der Waals surface area contributed by atoms with E-state index in [2.05, 4.69) is 21.2 Å². The smallest absolute Gasteiger partial charge is 0.338 e. The Morgan fingerprint density at radius 3 is 2.39 bits per heavy atom. The molecule has 2 aromatic rings. The third-order valence-electron chi connectivity index (χ3n) is 2.89. The number of esters is 1. The number of benzene rings is 2. The fourth-order valence-electron chi connectivity index (χ4n) is 1.84. The highest BCUT2D eigenvalue weighted by atomic mass is 79.9. The van der Waals surface area contributed by atoms with Crippen molar-refractivity contribution >= 4 is 45.1 Å². The molecule has 0 fully saturated rings. The van der Waals surface area contributed by atoms with Gasteiger partial charge in [0.1, 0.15) is 0 Å². The second kappa shape index (κ2) is 7.62. The van der Waals surface area contributed by atoms with Gasteiger partial charge in [-0.2, -0.15) is 0 Å². The summed E-state index contributed by atoms with van der Waals surface area (Å²) in [5.74, 6) is -0.721. The first-order valence-corrected chi connectivity index (χ1v) is 8.11. The Kier molecular flexibility index (Phi) is 5.80. The molecule has 0 atom stereocenters. The SMILES string of the molecule is CC(C)OC(=O)c1ccc(NC(=O)c2cc(Br)ccc2Cl)cc1. The van der Waals surface area contributed by atoms with Crippen molar-refractivity contribution in [2.24, 2.45) is 0 Å². The second-order valence-electron chi connectivity index (χ2n) is 5.11. The number of amides is 1. The monoisotopic (exact) mass is 395 g/mol. The van der Waals surface area contributed by atoms with Crippen LogP contribution in [0.4, 0.5) is 5.69 Å². The number of nitrogens with one attached hydrogen (secondary N) is 1. The van der Waals surface area contributed by atoms with Crippen LogP contribution in [0.15, 0.2) is 46.9 Å². The average molecular weight is 397 g/mol. The molecule has 1 amide bonds. The van der Waals surface area contributed by atoms with Gasteiger partial charge in [0.15, 0.2) is 0 Å². The summed E-state index contributed by atoms with van der Waals surface area (Å²) in [6.45, 7) is 3.57. The number of rotatable bonds is 4. The van der Waals surface area contributed by atoms with Crippen LogP contribution in [-0.4, -0.2) is 18.0 Å². The van der Waals surface area contributed by atoms with Crippen molar-refractivity contribution < 1.29 is 14.3 Å². The summed E-state index contributed by atoms with van der Waals surface area (Å²) in [5, 5.41) is 3.10. The first kappa shape index (κ1) is 17.5. The molecule has 2 rings (SSSR count). The Labute approximate surface area is 147 Å². The minimum absolute atomic E-state index is 0.180. The summed E-state index contributed by atoms with van der Waals surface area (Å²) in [6.07, 6.45) is -0.180. The largest absolute Gasteiger partial charge is 0.459 e. The molecule has 0 radical (unpaired) electrons. The van der Waals surface area contributed by atoms with E-state index in [9.17, 15) is 9.59 Å². The first-order valence-electron chi connectivity index (χ1n) is 6.94. The Balaban J connectivity index is 2.10. The van der Waals surface area contributed by atoms with E-state index in [-0.39, 0.29) is 12.0 Å². The van der Waals surface area contributed by atoms with Crippen molar-refractivity contribution in [1.82, 2.24) is 0 Å². The van der Waals surface area contributed by atoms with E-state index in [0.29, 0.717) is 21.8 Å². The topological polar surface area (TPSA) is 55.4 Å². The molecule has 0 aliphatic heterocycles. The van der Waals surface area contributed by atoms with E-state index >= 15 is 0 Å². The van der Waals surface area contributed by atoms with Gasteiger partial charge in [0.05, 0.1) is 22.3 Å². The molecular weight excluding hydrogens is 382 g/mol. The van der Waals surface area contributed by atoms with Gasteiger partial charge in [0, 0.05) is 10.2 Å². The van der Waals surface area contributed by atoms with Crippen molar-refractivity contribution in [3.8, 4) is 0 Å². The molecule has 0 spiro atoms. The van der Waals surface area contributed by atoms with Gasteiger partial charge in [-0.3, -0.25) is 4.79 Å². The van der Waals surface area contributed by atoms with Gasteiger partial charge in [0.25, 0.3) is 5.91 Å². The fraction of sp³-hybridized carbons (Fsp3) is 0.176. The standard InChI is InChI=1S/C17H15BrClNO3/c1-10(2)23-17(22)11-3-6-13(7-4-11)20-16(21)14-9-12(18)5-8-15(14)19/h3-10H,1-2H3,(H,20,21). The maximum absolute atomic E-state index is 12.2. The quantitative estimate of drug-likeness (QED) is 0.746. The Morgan fingerprint density at radius 1 is 1.13 bits per heavy atom. The van der Waals surface area contributed by atoms with Gasteiger partial charge in [-0.1, -0.05) is 27.5 Å². The zero-order valence-electron chi connectivity index (χ0n) is 12.6. The van der Waals surface area contributed by atoms with Crippen molar-refractivity contribution in [3.05, 3.63) is 63.1 Å². The molecule has 120 valence electrons. The molecule has 0 aliphatic carbocycles. The Hall–Kier alpha value is -1.85. The molecule has 0 saturated carbocycles. The highest BCUT2D eigenvalue weighted by Crippen LogP contribution is 2.22. The van der Waals surface area contributed by atoms with Crippen LogP contribution >= 0.6 is 27.5 Å². The van der Waals surface area contributed by atoms with Crippen molar-refractivity contribution in [3.63, 3.8) is 0 Å². The number of hydrogen-bond acceptors (Lipinski definition) is 3. The number of carbonyl (C=O) groups is 2. The lowest BCUT2D eigenvalue weighted by Crippen LogP contribution is -2.13. The number of anilines is 1. The van der Waals surface area contributed by atoms with E-state index in [4.69, 9.17) is 16.3 Å². The zero-order chi connectivity index (χ0) is 17.0. The molecular formula is C17H15BrClNO3. The number of hydrogen-bond donors (Lipinski definition) is 1. The predicted molar refractivity (Wildman–Crippen MR) is 94.1 cm³/mol. The number of halogens is 2. The van der Waals surface area contributed by atoms with Gasteiger partial charge in [-0.15, -0.1) is 0 Å². The van der Waals surface area contributed by atoms with Crippen molar-refractivity contribution in [2.75, 3.05) is 5.32 Å². The lowest BCUT2D eigenvalue weighted by atomic mass is 10.2. The van der Waals surface area contributed by atoms with Crippen LogP contribution < -0.4 is 5.32 Å². The van der Waals surface area contributed by atoms with E-state index in [0.717, 1.165) is 4.47 Å². The molecule has 0 saturated heterocycles. The van der Waals surface area contributed by atoms with E-state index in [1.54, 1.807) is 56.3 Å². The van der Waals surface area contributed by atoms with Crippen LogP contribution in [-0.2, 0) is 4.74 Å². The van der Waals surface area contributed by atoms with Crippen LogP contribution in [0.1, 0.15) is 34.6 Å². The molecule has 6 heteroatoms. The molecule has 0 heterocycles. The van der Waals surface area contributed by atoms with Gasteiger partial charge in [-0.25, -0.2) is 4.79 Å². The summed E-state index contributed by atoms with van der Waals surface area (Å²) >= 11 is 9.33. The third-order valence-corrected chi connectivity index (χ3v) is 3.72. The summed E-state index contributed by atoms with van der Waals surface area (Å²) in [5.41, 5.74) is 1.36. The van der Waals surface area contributed by atoms with Crippen molar-refractivity contribution in [2.45, 2.75) is 20.0 Å². The van der Waals surface area contributed by atoms with Crippen LogP contribution in [0.3, 0.4) is 0 Å². The predicted octanol–water partition coefficient (Wildman–Crippen LogP) is 4.92. The van der Waals surface area contributed by atoms with Crippen LogP contribution in [0.5, 0.6) is 0 Å². The normalized spacial score (nSPS) is 10.5. The highest BCUT2D eigenvalue weighted by molar-refractivity contribution is 9.10. The molecule has 0 bridgehead atoms. The minimum Gasteiger partial charge on any atom is -0.459 e. The third kappa shape index (κ3) is 4.81. The van der Waals surface area contributed by atoms with Gasteiger partial charge < -0.3 is 10.1 Å². The number of ether oxygens (including phenoxy) is 1. The maximum Gasteiger partial charge on any atom is 0.338 e. The van der Waals surface area contributed by atoms with E-state index in [1.165, 1.54) is 0 Å². The highest BCUT2D eigenvalue weighted by Gasteiger charge is 2.12. The lowest BCUT2D eigenvalue weighted by Gasteiger charge is -2.09. The van der Waals surface area contributed by atoms with Gasteiger partial charge >= 0.3 is 5.97 Å². The average Bonchev–Trinajstić information content (AvgIpc) is 2.49. The Bertz CT molecular complexity index is 729. The summed E-state index contributed by atoms with van der Waals surface area (Å²) in [7, 11) is 0. The molecule has 23 heavy (non-hydrogen) atoms. The molecule has 0 aromatic heterocycles. The summed E-state index contributed by atoms with van der Waals surface area (Å²) in [6, 6.07) is 11.5. The van der Waals surface area contributed by atoms with Crippen LogP contribution in [0.2, 0.25) is 5.02 Å². The van der Waals surface area contributed by atoms with E-state index in [1.807, 2.05) is 0 Å². The van der Waals surface area contributed by atoms with Gasteiger partial charge in [-0.05, 0) is 56.3 Å². The second-order valence-corrected chi connectivity index (χ2v) is 6.43. The fourth-order valence-corrected chi connectivity index (χ4v) is 2.41. The van der Waals surface area contributed by atoms with E-state index < -0.39 is 5.97 Å². The number of carbonyl (C=O) groups excluding carboxylic acids is 2. The maximum atomic E-state index is 12.2. The van der Waals surface area contributed by atoms with Crippen LogP contribution in [0.25, 0.3) is 0 Å². The molecule has 1 N–H and O–H groups in total. The first-order chi connectivity index (χ1) is 10.9. The molecule has 4 nitrogen and oxygen atoms in total. The summed E-state index contributed by atoms with van der Waals surface area (Å²) in [4.78, 5) is 24.0. The zero-order valence-corrected chi connectivity index (χ0v) is 14.9. The minimum atomic E-state index is -0.395. The Morgan fingerprint density at radius 2 is 1.78 bits per heavy atom. The lowest BCUT2D eigenvalue weighted by molar-refractivity contribution is 0.0378. The summed E-state index contributed by atoms with van der Waals surface area (Å²) < 4.78 is 5.87. The molecule has 0 aliphatic rings.